The largest absolute Gasteiger partial charge is 0.394 e. The van der Waals surface area contributed by atoms with Crippen molar-refractivity contribution in [3.8, 4) is 0 Å². The summed E-state index contributed by atoms with van der Waals surface area (Å²) in [5.74, 6) is -0.237. The topological polar surface area (TPSA) is 228 Å². The maximum atomic E-state index is 13.2. The van der Waals surface area contributed by atoms with Gasteiger partial charge in [0.15, 0.2) is 12.6 Å². The van der Waals surface area contributed by atoms with Crippen LogP contribution in [0.2, 0.25) is 0 Å². The lowest BCUT2D eigenvalue weighted by atomic mass is 9.97. The van der Waals surface area contributed by atoms with Crippen LogP contribution in [0.5, 0.6) is 0 Å². The van der Waals surface area contributed by atoms with Crippen LogP contribution in [-0.4, -0.2) is 140 Å². The molecule has 9 N–H and O–H groups in total. The maximum Gasteiger partial charge on any atom is 0.220 e. The number of allylic oxidation sites excluding steroid dienone is 1. The van der Waals surface area contributed by atoms with Crippen molar-refractivity contribution >= 4 is 5.91 Å². The van der Waals surface area contributed by atoms with Crippen LogP contribution in [-0.2, 0) is 23.7 Å². The molecule has 0 aromatic heterocycles. The van der Waals surface area contributed by atoms with Crippen molar-refractivity contribution < 1.29 is 64.6 Å². The lowest BCUT2D eigenvalue weighted by Crippen LogP contribution is -2.65. The van der Waals surface area contributed by atoms with Crippen LogP contribution >= 0.6 is 0 Å². The van der Waals surface area contributed by atoms with Gasteiger partial charge in [-0.3, -0.25) is 4.79 Å². The second-order valence-electron chi connectivity index (χ2n) is 19.0. The first kappa shape index (κ1) is 59.9. The van der Waals surface area contributed by atoms with Crippen molar-refractivity contribution in [2.45, 2.75) is 286 Å². The van der Waals surface area contributed by atoms with Gasteiger partial charge in [0, 0.05) is 6.42 Å². The number of carbonyl (C=O) groups excluding carboxylic acids is 1. The summed E-state index contributed by atoms with van der Waals surface area (Å²) in [7, 11) is 0. The summed E-state index contributed by atoms with van der Waals surface area (Å²) in [4.78, 5) is 13.2. The molecule has 0 aromatic rings. The summed E-state index contributed by atoms with van der Waals surface area (Å²) in [5, 5.41) is 86.7. The van der Waals surface area contributed by atoms with E-state index in [2.05, 4.69) is 19.2 Å². The van der Waals surface area contributed by atoms with Gasteiger partial charge in [-0.1, -0.05) is 199 Å². The van der Waals surface area contributed by atoms with Crippen LogP contribution in [0.25, 0.3) is 0 Å². The van der Waals surface area contributed by atoms with Gasteiger partial charge in [0.05, 0.1) is 32.0 Å². The molecule has 65 heavy (non-hydrogen) atoms. The number of unbranched alkanes of at least 4 members (excludes halogenated alkanes) is 28. The average Bonchev–Trinajstić information content (AvgIpc) is 3.30. The van der Waals surface area contributed by atoms with Crippen LogP contribution in [0.3, 0.4) is 0 Å². The Kier molecular flexibility index (Phi) is 35.5. The third kappa shape index (κ3) is 25.8. The first-order valence-corrected chi connectivity index (χ1v) is 26.4. The van der Waals surface area contributed by atoms with Crippen LogP contribution < -0.4 is 5.32 Å². The van der Waals surface area contributed by atoms with E-state index in [-0.39, 0.29) is 18.9 Å². The van der Waals surface area contributed by atoms with Gasteiger partial charge in [-0.05, 0) is 19.3 Å². The Morgan fingerprint density at radius 1 is 0.538 bits per heavy atom. The van der Waals surface area contributed by atoms with E-state index in [0.29, 0.717) is 6.42 Å². The smallest absolute Gasteiger partial charge is 0.220 e. The summed E-state index contributed by atoms with van der Waals surface area (Å²) >= 11 is 0. The number of ether oxygens (including phenoxy) is 4. The molecule has 0 saturated carbocycles. The Morgan fingerprint density at radius 3 is 1.42 bits per heavy atom. The lowest BCUT2D eigenvalue weighted by Gasteiger charge is -2.46. The molecular weight excluding hydrogens is 835 g/mol. The maximum absolute atomic E-state index is 13.2. The fraction of sp³-hybridized carbons (Fsp3) is 0.941. The second kappa shape index (κ2) is 38.6. The number of amides is 1. The van der Waals surface area contributed by atoms with Crippen molar-refractivity contribution in [2.24, 2.45) is 0 Å². The minimum atomic E-state index is -1.78. The predicted molar refractivity (Wildman–Crippen MR) is 254 cm³/mol. The SMILES string of the molecule is CCCCCCCCCCCC/C=C/[C@@H](O)[C@H](CO[C@@H]1O[C@H](CO)[C@@H](O[C@@H]2O[C@H](CO)[C@H](O)C(O)C2O)C(O)C1O)NC(=O)CCCCCCCCCCCCCCCCCCCCC. The number of aliphatic hydroxyl groups excluding tert-OH is 8. The van der Waals surface area contributed by atoms with Crippen molar-refractivity contribution in [3.63, 3.8) is 0 Å². The van der Waals surface area contributed by atoms with Gasteiger partial charge in [-0.25, -0.2) is 0 Å². The van der Waals surface area contributed by atoms with Gasteiger partial charge >= 0.3 is 0 Å². The highest BCUT2D eigenvalue weighted by Gasteiger charge is 2.51. The molecule has 14 nitrogen and oxygen atoms in total. The highest BCUT2D eigenvalue weighted by molar-refractivity contribution is 5.76. The first-order valence-electron chi connectivity index (χ1n) is 26.4. The third-order valence-corrected chi connectivity index (χ3v) is 13.2. The number of nitrogens with one attached hydrogen (secondary N) is 1. The molecule has 2 aliphatic heterocycles. The summed E-state index contributed by atoms with van der Waals surface area (Å²) in [6.45, 7) is 2.79. The number of hydrogen-bond acceptors (Lipinski definition) is 13. The fourth-order valence-corrected chi connectivity index (χ4v) is 8.88. The molecule has 0 aromatic carbocycles. The zero-order valence-corrected chi connectivity index (χ0v) is 40.7. The average molecular weight is 932 g/mol. The van der Waals surface area contributed by atoms with Crippen LogP contribution in [0, 0.1) is 0 Å². The molecule has 0 bridgehead atoms. The zero-order chi connectivity index (χ0) is 47.5. The summed E-state index contributed by atoms with van der Waals surface area (Å²) in [6.07, 6.45) is 23.9. The molecule has 0 radical (unpaired) electrons. The highest BCUT2D eigenvalue weighted by Crippen LogP contribution is 2.30. The van der Waals surface area contributed by atoms with Crippen molar-refractivity contribution in [2.75, 3.05) is 19.8 Å². The monoisotopic (exact) mass is 932 g/mol. The summed E-state index contributed by atoms with van der Waals surface area (Å²) in [5.41, 5.74) is 0. The Morgan fingerprint density at radius 2 is 0.954 bits per heavy atom. The number of rotatable bonds is 41. The standard InChI is InChI=1S/C51H97NO13/c1-3-5-7-9-11-13-15-17-18-19-20-21-22-23-25-27-29-31-33-35-43(56)52-39(40(55)34-32-30-28-26-24-16-14-12-10-8-6-4-2)38-62-50-48(61)46(59)49(42(37-54)64-50)65-51-47(60)45(58)44(57)41(36-53)63-51/h32,34,39-42,44-51,53-55,57-61H,3-31,33,35-38H2,1-2H3,(H,52,56)/b34-32+/t39-,40+,41+,42+,44-,45?,46?,47?,48?,49+,50+,51-/m0/s1. The summed E-state index contributed by atoms with van der Waals surface area (Å²) < 4.78 is 22.7. The minimum Gasteiger partial charge on any atom is -0.394 e. The molecule has 0 spiro atoms. The van der Waals surface area contributed by atoms with Gasteiger partial charge in [-0.2, -0.15) is 0 Å². The normalized spacial score (nSPS) is 27.0. The molecule has 12 atom stereocenters. The van der Waals surface area contributed by atoms with Gasteiger partial charge in [0.1, 0.15) is 48.8 Å². The van der Waals surface area contributed by atoms with Crippen LogP contribution in [0.15, 0.2) is 12.2 Å². The molecule has 4 unspecified atom stereocenters. The van der Waals surface area contributed by atoms with E-state index in [1.807, 2.05) is 6.08 Å². The predicted octanol–water partition coefficient (Wildman–Crippen LogP) is 7.16. The molecule has 2 aliphatic rings. The van der Waals surface area contributed by atoms with E-state index in [1.165, 1.54) is 148 Å². The molecular formula is C51H97NO13. The Bertz CT molecular complexity index is 1150. The number of carbonyl (C=O) groups is 1. The Hall–Kier alpha value is -1.27. The Labute approximate surface area is 393 Å². The second-order valence-corrected chi connectivity index (χ2v) is 19.0. The molecule has 2 rings (SSSR count). The molecule has 14 heteroatoms. The van der Waals surface area contributed by atoms with Gasteiger partial charge < -0.3 is 65.1 Å². The minimum absolute atomic E-state index is 0.237. The fourth-order valence-electron chi connectivity index (χ4n) is 8.88. The molecule has 0 aliphatic carbocycles. The zero-order valence-electron chi connectivity index (χ0n) is 40.7. The molecule has 2 saturated heterocycles. The first-order chi connectivity index (χ1) is 31.6. The van der Waals surface area contributed by atoms with E-state index in [0.717, 1.165) is 38.5 Å². The quantitative estimate of drug-likeness (QED) is 0.0219. The van der Waals surface area contributed by atoms with Crippen LogP contribution in [0.1, 0.15) is 213 Å². The van der Waals surface area contributed by atoms with Gasteiger partial charge in [-0.15, -0.1) is 0 Å². The highest BCUT2D eigenvalue weighted by atomic mass is 16.7. The molecule has 2 fully saturated rings. The van der Waals surface area contributed by atoms with E-state index in [1.54, 1.807) is 6.08 Å². The molecule has 2 heterocycles. The van der Waals surface area contributed by atoms with Crippen molar-refractivity contribution in [3.05, 3.63) is 12.2 Å². The van der Waals surface area contributed by atoms with Crippen molar-refractivity contribution in [1.29, 1.82) is 0 Å². The molecule has 1 amide bonds. The number of hydrogen-bond donors (Lipinski definition) is 9. The van der Waals surface area contributed by atoms with Crippen LogP contribution in [0.4, 0.5) is 0 Å². The molecule has 384 valence electrons. The lowest BCUT2D eigenvalue weighted by molar-refractivity contribution is -0.359. The van der Waals surface area contributed by atoms with Gasteiger partial charge in [0.2, 0.25) is 5.91 Å². The van der Waals surface area contributed by atoms with E-state index in [9.17, 15) is 45.6 Å². The van der Waals surface area contributed by atoms with E-state index < -0.39 is 86.8 Å². The van der Waals surface area contributed by atoms with E-state index >= 15 is 0 Å². The Balaban J connectivity index is 1.80. The third-order valence-electron chi connectivity index (χ3n) is 13.2. The van der Waals surface area contributed by atoms with E-state index in [4.69, 9.17) is 18.9 Å². The van der Waals surface area contributed by atoms with Gasteiger partial charge in [0.25, 0.3) is 0 Å². The summed E-state index contributed by atoms with van der Waals surface area (Å²) in [6, 6.07) is -0.907. The number of aliphatic hydroxyl groups is 8. The van der Waals surface area contributed by atoms with Crippen molar-refractivity contribution in [1.82, 2.24) is 5.32 Å².